The van der Waals surface area contributed by atoms with Gasteiger partial charge >= 0.3 is 0 Å². The molecule has 4 heteroatoms. The minimum absolute atomic E-state index is 0.550. The summed E-state index contributed by atoms with van der Waals surface area (Å²) in [6, 6.07) is 10.3. The fourth-order valence-electron chi connectivity index (χ4n) is 2.22. The van der Waals surface area contributed by atoms with Gasteiger partial charge in [-0.2, -0.15) is 0 Å². The lowest BCUT2D eigenvalue weighted by molar-refractivity contribution is 0.771. The van der Waals surface area contributed by atoms with Crippen LogP contribution in [0.15, 0.2) is 30.3 Å². The van der Waals surface area contributed by atoms with Gasteiger partial charge in [0, 0.05) is 24.2 Å². The van der Waals surface area contributed by atoms with Gasteiger partial charge < -0.3 is 4.90 Å². The third-order valence-corrected chi connectivity index (χ3v) is 3.85. The number of anilines is 2. The van der Waals surface area contributed by atoms with E-state index in [4.69, 9.17) is 16.6 Å². The van der Waals surface area contributed by atoms with Crippen LogP contribution in [0.25, 0.3) is 0 Å². The fourth-order valence-corrected chi connectivity index (χ4v) is 2.40. The Kier molecular flexibility index (Phi) is 5.57. The van der Waals surface area contributed by atoms with Gasteiger partial charge in [-0.3, -0.25) is 0 Å². The second-order valence-corrected chi connectivity index (χ2v) is 5.43. The molecule has 0 aliphatic heterocycles. The van der Waals surface area contributed by atoms with Crippen molar-refractivity contribution < 1.29 is 0 Å². The summed E-state index contributed by atoms with van der Waals surface area (Å²) in [6.07, 6.45) is 3.03. The zero-order valence-corrected chi connectivity index (χ0v) is 13.7. The lowest BCUT2D eigenvalue weighted by Gasteiger charge is -2.26. The Bertz CT molecular complexity index is 584. The Labute approximate surface area is 132 Å². The zero-order chi connectivity index (χ0) is 15.2. The quantitative estimate of drug-likeness (QED) is 0.708. The molecule has 0 aliphatic rings. The first-order valence-electron chi connectivity index (χ1n) is 7.53. The van der Waals surface area contributed by atoms with Gasteiger partial charge in [-0.05, 0) is 25.5 Å². The molecule has 0 saturated heterocycles. The molecule has 0 saturated carbocycles. The van der Waals surface area contributed by atoms with Gasteiger partial charge in [0.2, 0.25) is 0 Å². The maximum Gasteiger partial charge on any atom is 0.141 e. The van der Waals surface area contributed by atoms with Crippen LogP contribution in [0.4, 0.5) is 11.5 Å². The smallest absolute Gasteiger partial charge is 0.141 e. The summed E-state index contributed by atoms with van der Waals surface area (Å²) < 4.78 is 0. The van der Waals surface area contributed by atoms with E-state index in [0.717, 1.165) is 48.7 Å². The summed E-state index contributed by atoms with van der Waals surface area (Å²) >= 11 is 6.29. The highest BCUT2D eigenvalue weighted by molar-refractivity contribution is 6.30. The average molecular weight is 304 g/mol. The van der Waals surface area contributed by atoms with Crippen LogP contribution in [0.2, 0.25) is 5.15 Å². The Morgan fingerprint density at radius 1 is 1.10 bits per heavy atom. The summed E-state index contributed by atoms with van der Waals surface area (Å²) in [7, 11) is 0. The van der Waals surface area contributed by atoms with Gasteiger partial charge in [0.25, 0.3) is 0 Å². The highest BCUT2D eigenvalue weighted by atomic mass is 35.5. The van der Waals surface area contributed by atoms with Crippen molar-refractivity contribution in [2.45, 2.75) is 40.0 Å². The standard InChI is InChI=1S/C17H22ClN3/c1-4-6-12-21(14-10-8-7-9-11-14)17-13(3)16(18)19-15(5-2)20-17/h7-11H,4-6,12H2,1-3H3. The molecule has 21 heavy (non-hydrogen) atoms. The number of para-hydroxylation sites is 1. The SMILES string of the molecule is CCCCN(c1ccccc1)c1nc(CC)nc(Cl)c1C. The number of rotatable bonds is 6. The summed E-state index contributed by atoms with van der Waals surface area (Å²) in [6.45, 7) is 7.15. The Morgan fingerprint density at radius 2 is 1.81 bits per heavy atom. The maximum atomic E-state index is 6.29. The van der Waals surface area contributed by atoms with Crippen LogP contribution in [0.3, 0.4) is 0 Å². The van der Waals surface area contributed by atoms with Gasteiger partial charge in [0.05, 0.1) is 0 Å². The molecule has 0 atom stereocenters. The second kappa shape index (κ2) is 7.41. The minimum Gasteiger partial charge on any atom is -0.326 e. The van der Waals surface area contributed by atoms with Crippen molar-refractivity contribution in [1.82, 2.24) is 9.97 Å². The Balaban J connectivity index is 2.48. The van der Waals surface area contributed by atoms with E-state index in [1.54, 1.807) is 0 Å². The molecule has 112 valence electrons. The molecule has 3 nitrogen and oxygen atoms in total. The van der Waals surface area contributed by atoms with E-state index in [-0.39, 0.29) is 0 Å². The van der Waals surface area contributed by atoms with Crippen molar-refractivity contribution in [1.29, 1.82) is 0 Å². The number of aryl methyl sites for hydroxylation is 1. The zero-order valence-electron chi connectivity index (χ0n) is 12.9. The van der Waals surface area contributed by atoms with Crippen molar-refractivity contribution in [3.05, 3.63) is 46.9 Å². The van der Waals surface area contributed by atoms with E-state index in [2.05, 4.69) is 28.9 Å². The number of nitrogens with zero attached hydrogens (tertiary/aromatic N) is 3. The molecular weight excluding hydrogens is 282 g/mol. The third-order valence-electron chi connectivity index (χ3n) is 3.48. The molecule has 1 aromatic carbocycles. The molecule has 0 radical (unpaired) electrons. The van der Waals surface area contributed by atoms with E-state index < -0.39 is 0 Å². The van der Waals surface area contributed by atoms with E-state index in [1.807, 2.05) is 32.0 Å². The lowest BCUT2D eigenvalue weighted by atomic mass is 10.2. The molecule has 0 unspecified atom stereocenters. The summed E-state index contributed by atoms with van der Waals surface area (Å²) in [4.78, 5) is 11.3. The first-order chi connectivity index (χ1) is 10.2. The first kappa shape index (κ1) is 15.8. The van der Waals surface area contributed by atoms with E-state index in [9.17, 15) is 0 Å². The highest BCUT2D eigenvalue weighted by Gasteiger charge is 2.16. The normalized spacial score (nSPS) is 10.7. The van der Waals surface area contributed by atoms with Gasteiger partial charge in [-0.1, -0.05) is 50.1 Å². The van der Waals surface area contributed by atoms with Crippen LogP contribution >= 0.6 is 11.6 Å². The van der Waals surface area contributed by atoms with Crippen LogP contribution < -0.4 is 4.90 Å². The minimum atomic E-state index is 0.550. The second-order valence-electron chi connectivity index (χ2n) is 5.07. The summed E-state index contributed by atoms with van der Waals surface area (Å²) in [5.74, 6) is 1.71. The molecule has 0 spiro atoms. The van der Waals surface area contributed by atoms with E-state index >= 15 is 0 Å². The number of benzene rings is 1. The molecule has 2 aromatic rings. The molecular formula is C17H22ClN3. The predicted octanol–water partition coefficient (Wildman–Crippen LogP) is 4.94. The molecule has 1 aromatic heterocycles. The first-order valence-corrected chi connectivity index (χ1v) is 7.90. The van der Waals surface area contributed by atoms with Crippen LogP contribution in [0.5, 0.6) is 0 Å². The third kappa shape index (κ3) is 3.73. The number of hydrogen-bond acceptors (Lipinski definition) is 3. The van der Waals surface area contributed by atoms with E-state index in [0.29, 0.717) is 5.15 Å². The molecule has 0 N–H and O–H groups in total. The van der Waals surface area contributed by atoms with Crippen LogP contribution in [-0.2, 0) is 6.42 Å². The van der Waals surface area contributed by atoms with Crippen molar-refractivity contribution >= 4 is 23.1 Å². The van der Waals surface area contributed by atoms with Crippen LogP contribution in [-0.4, -0.2) is 16.5 Å². The van der Waals surface area contributed by atoms with Gasteiger partial charge in [-0.25, -0.2) is 9.97 Å². The fraction of sp³-hybridized carbons (Fsp3) is 0.412. The maximum absolute atomic E-state index is 6.29. The molecule has 0 fully saturated rings. The summed E-state index contributed by atoms with van der Waals surface area (Å²) in [5, 5.41) is 0.550. The van der Waals surface area contributed by atoms with Gasteiger partial charge in [0.1, 0.15) is 16.8 Å². The number of unbranched alkanes of at least 4 members (excludes halogenated alkanes) is 1. The summed E-state index contributed by atoms with van der Waals surface area (Å²) in [5.41, 5.74) is 2.08. The average Bonchev–Trinajstić information content (AvgIpc) is 2.52. The Morgan fingerprint density at radius 3 is 2.43 bits per heavy atom. The van der Waals surface area contributed by atoms with Crippen molar-refractivity contribution in [2.24, 2.45) is 0 Å². The van der Waals surface area contributed by atoms with E-state index in [1.165, 1.54) is 0 Å². The lowest BCUT2D eigenvalue weighted by Crippen LogP contribution is -2.21. The molecule has 0 amide bonds. The van der Waals surface area contributed by atoms with Crippen molar-refractivity contribution in [2.75, 3.05) is 11.4 Å². The Hall–Kier alpha value is -1.61. The number of aromatic nitrogens is 2. The van der Waals surface area contributed by atoms with Crippen LogP contribution in [0, 0.1) is 6.92 Å². The topological polar surface area (TPSA) is 29.0 Å². The largest absolute Gasteiger partial charge is 0.326 e. The van der Waals surface area contributed by atoms with Crippen molar-refractivity contribution in [3.8, 4) is 0 Å². The van der Waals surface area contributed by atoms with Crippen molar-refractivity contribution in [3.63, 3.8) is 0 Å². The van der Waals surface area contributed by atoms with Gasteiger partial charge in [0.15, 0.2) is 0 Å². The molecule has 0 aliphatic carbocycles. The molecule has 0 bridgehead atoms. The molecule has 1 heterocycles. The molecule has 2 rings (SSSR count). The monoisotopic (exact) mass is 303 g/mol. The highest BCUT2D eigenvalue weighted by Crippen LogP contribution is 2.30. The number of hydrogen-bond donors (Lipinski definition) is 0. The predicted molar refractivity (Wildman–Crippen MR) is 89.5 cm³/mol. The van der Waals surface area contributed by atoms with Crippen LogP contribution in [0.1, 0.15) is 38.1 Å². The van der Waals surface area contributed by atoms with Gasteiger partial charge in [-0.15, -0.1) is 0 Å². The number of halogens is 1.